The molecule has 3 heterocycles. The Morgan fingerprint density at radius 1 is 0.960 bits per heavy atom. The molecule has 0 spiro atoms. The van der Waals surface area contributed by atoms with Crippen LogP contribution in [0.3, 0.4) is 0 Å². The van der Waals surface area contributed by atoms with Crippen LogP contribution < -0.4 is 15.8 Å². The van der Waals surface area contributed by atoms with E-state index in [1.807, 2.05) is 29.2 Å². The molecule has 2 unspecified atom stereocenters. The van der Waals surface area contributed by atoms with Gasteiger partial charge in [-0.2, -0.15) is 0 Å². The average molecular weight is 337 g/mol. The molecule has 6 nitrogen and oxygen atoms in total. The summed E-state index contributed by atoms with van der Waals surface area (Å²) >= 11 is 0. The van der Waals surface area contributed by atoms with Gasteiger partial charge in [0.25, 0.3) is 0 Å². The van der Waals surface area contributed by atoms with Crippen LogP contribution in [0.25, 0.3) is 0 Å². The number of pyridine rings is 1. The first-order valence-corrected chi connectivity index (χ1v) is 8.82. The number of benzene rings is 1. The summed E-state index contributed by atoms with van der Waals surface area (Å²) < 4.78 is 0. The monoisotopic (exact) mass is 337 g/mol. The molecule has 2 aliphatic rings. The van der Waals surface area contributed by atoms with Crippen LogP contribution in [0, 0.1) is 0 Å². The van der Waals surface area contributed by atoms with Gasteiger partial charge in [0.2, 0.25) is 5.91 Å². The molecule has 2 fully saturated rings. The number of anilines is 1. The molecule has 130 valence electrons. The Labute approximate surface area is 147 Å². The summed E-state index contributed by atoms with van der Waals surface area (Å²) in [4.78, 5) is 21.5. The average Bonchev–Trinajstić information content (AvgIpc) is 3.19. The van der Waals surface area contributed by atoms with Gasteiger partial charge in [0.15, 0.2) is 0 Å². The molecule has 0 aliphatic carbocycles. The van der Waals surface area contributed by atoms with Crippen molar-refractivity contribution in [1.29, 1.82) is 0 Å². The minimum absolute atomic E-state index is 0.0840. The molecule has 1 aromatic heterocycles. The summed E-state index contributed by atoms with van der Waals surface area (Å²) in [7, 11) is 0. The van der Waals surface area contributed by atoms with Gasteiger partial charge < -0.3 is 9.80 Å². The molecule has 6 heteroatoms. The SMILES string of the molecule is O=C(C1CC(c2ccccn2)NN1)N1CCN(c2ccccc2)CC1. The largest absolute Gasteiger partial charge is 0.368 e. The number of nitrogens with zero attached hydrogens (tertiary/aromatic N) is 3. The molecule has 1 amide bonds. The molecule has 0 radical (unpaired) electrons. The molecular weight excluding hydrogens is 314 g/mol. The number of carbonyl (C=O) groups excluding carboxylic acids is 1. The van der Waals surface area contributed by atoms with Crippen LogP contribution in [-0.2, 0) is 4.79 Å². The smallest absolute Gasteiger partial charge is 0.241 e. The maximum atomic E-state index is 12.8. The summed E-state index contributed by atoms with van der Waals surface area (Å²) in [6, 6.07) is 16.1. The highest BCUT2D eigenvalue weighted by molar-refractivity contribution is 5.82. The van der Waals surface area contributed by atoms with E-state index < -0.39 is 0 Å². The van der Waals surface area contributed by atoms with E-state index in [-0.39, 0.29) is 18.0 Å². The first-order valence-electron chi connectivity index (χ1n) is 8.82. The summed E-state index contributed by atoms with van der Waals surface area (Å²) in [5, 5.41) is 0. The van der Waals surface area contributed by atoms with Crippen LogP contribution in [0.5, 0.6) is 0 Å². The summed E-state index contributed by atoms with van der Waals surface area (Å²) in [5.74, 6) is 0.179. The second kappa shape index (κ2) is 7.21. The number of aromatic nitrogens is 1. The molecule has 2 aliphatic heterocycles. The zero-order valence-corrected chi connectivity index (χ0v) is 14.1. The van der Waals surface area contributed by atoms with E-state index in [1.54, 1.807) is 6.20 Å². The maximum absolute atomic E-state index is 12.8. The van der Waals surface area contributed by atoms with Crippen molar-refractivity contribution in [1.82, 2.24) is 20.7 Å². The molecule has 4 rings (SSSR count). The molecule has 0 bridgehead atoms. The van der Waals surface area contributed by atoms with Gasteiger partial charge in [-0.1, -0.05) is 24.3 Å². The Hall–Kier alpha value is -2.44. The van der Waals surface area contributed by atoms with E-state index in [1.165, 1.54) is 5.69 Å². The summed E-state index contributed by atoms with van der Waals surface area (Å²) in [5.41, 5.74) is 8.56. The van der Waals surface area contributed by atoms with Crippen LogP contribution >= 0.6 is 0 Å². The normalized spacial score (nSPS) is 23.7. The van der Waals surface area contributed by atoms with Crippen LogP contribution in [-0.4, -0.2) is 48.0 Å². The fourth-order valence-corrected chi connectivity index (χ4v) is 3.54. The second-order valence-corrected chi connectivity index (χ2v) is 6.53. The van der Waals surface area contributed by atoms with Crippen molar-refractivity contribution < 1.29 is 4.79 Å². The molecule has 2 saturated heterocycles. The van der Waals surface area contributed by atoms with Crippen molar-refractivity contribution in [3.8, 4) is 0 Å². The number of amides is 1. The van der Waals surface area contributed by atoms with Crippen molar-refractivity contribution in [2.75, 3.05) is 31.1 Å². The number of nitrogens with one attached hydrogen (secondary N) is 2. The van der Waals surface area contributed by atoms with Crippen molar-refractivity contribution in [3.05, 3.63) is 60.4 Å². The van der Waals surface area contributed by atoms with Crippen LogP contribution in [0.1, 0.15) is 18.2 Å². The van der Waals surface area contributed by atoms with Gasteiger partial charge >= 0.3 is 0 Å². The standard InChI is InChI=1S/C19H23N5O/c25-19(18-14-17(21-22-18)16-8-4-5-9-20-16)24-12-10-23(11-13-24)15-6-2-1-3-7-15/h1-9,17-18,21-22H,10-14H2. The Balaban J connectivity index is 1.32. The van der Waals surface area contributed by atoms with Crippen LogP contribution in [0.2, 0.25) is 0 Å². The Kier molecular flexibility index (Phi) is 4.63. The van der Waals surface area contributed by atoms with Gasteiger partial charge in [-0.3, -0.25) is 9.78 Å². The molecule has 2 atom stereocenters. The predicted molar refractivity (Wildman–Crippen MR) is 96.9 cm³/mol. The lowest BCUT2D eigenvalue weighted by Crippen LogP contribution is -2.53. The number of hydrogen-bond acceptors (Lipinski definition) is 5. The van der Waals surface area contributed by atoms with Crippen molar-refractivity contribution in [2.24, 2.45) is 0 Å². The highest BCUT2D eigenvalue weighted by atomic mass is 16.2. The van der Waals surface area contributed by atoms with Gasteiger partial charge in [0, 0.05) is 38.1 Å². The van der Waals surface area contributed by atoms with Crippen LogP contribution in [0.4, 0.5) is 5.69 Å². The Morgan fingerprint density at radius 2 is 1.72 bits per heavy atom. The van der Waals surface area contributed by atoms with Gasteiger partial charge in [0.05, 0.1) is 11.7 Å². The molecule has 0 saturated carbocycles. The molecule has 25 heavy (non-hydrogen) atoms. The first kappa shape index (κ1) is 16.1. The molecule has 1 aromatic carbocycles. The van der Waals surface area contributed by atoms with E-state index in [9.17, 15) is 4.79 Å². The third kappa shape index (κ3) is 3.50. The topological polar surface area (TPSA) is 60.5 Å². The zero-order valence-electron chi connectivity index (χ0n) is 14.1. The third-order valence-corrected chi connectivity index (χ3v) is 4.96. The highest BCUT2D eigenvalue weighted by Crippen LogP contribution is 2.22. The number of para-hydroxylation sites is 1. The molecule has 2 N–H and O–H groups in total. The summed E-state index contributed by atoms with van der Waals surface area (Å²) in [6.07, 6.45) is 2.52. The zero-order chi connectivity index (χ0) is 17.1. The number of hydrogen-bond donors (Lipinski definition) is 2. The van der Waals surface area contributed by atoms with E-state index in [4.69, 9.17) is 0 Å². The first-order chi connectivity index (χ1) is 12.3. The Morgan fingerprint density at radius 3 is 2.44 bits per heavy atom. The van der Waals surface area contributed by atoms with Gasteiger partial charge in [-0.25, -0.2) is 10.9 Å². The Bertz CT molecular complexity index is 700. The third-order valence-electron chi connectivity index (χ3n) is 4.96. The predicted octanol–water partition coefficient (Wildman–Crippen LogP) is 1.34. The number of carbonyl (C=O) groups is 1. The van der Waals surface area contributed by atoms with E-state index in [2.05, 4.69) is 45.0 Å². The number of piperazine rings is 1. The fourth-order valence-electron chi connectivity index (χ4n) is 3.54. The lowest BCUT2D eigenvalue weighted by molar-refractivity contribution is -0.133. The summed E-state index contributed by atoms with van der Waals surface area (Å²) in [6.45, 7) is 3.28. The highest BCUT2D eigenvalue weighted by Gasteiger charge is 2.34. The van der Waals surface area contributed by atoms with Gasteiger partial charge in [-0.15, -0.1) is 0 Å². The molecule has 2 aromatic rings. The van der Waals surface area contributed by atoms with E-state index >= 15 is 0 Å². The van der Waals surface area contributed by atoms with E-state index in [0.29, 0.717) is 0 Å². The van der Waals surface area contributed by atoms with Crippen molar-refractivity contribution in [2.45, 2.75) is 18.5 Å². The van der Waals surface area contributed by atoms with Gasteiger partial charge in [0.1, 0.15) is 6.04 Å². The minimum atomic E-state index is -0.185. The molecular formula is C19H23N5O. The minimum Gasteiger partial charge on any atom is -0.368 e. The number of rotatable bonds is 3. The lowest BCUT2D eigenvalue weighted by atomic mass is 10.1. The van der Waals surface area contributed by atoms with Crippen molar-refractivity contribution >= 4 is 11.6 Å². The lowest BCUT2D eigenvalue weighted by Gasteiger charge is -2.37. The van der Waals surface area contributed by atoms with Gasteiger partial charge in [-0.05, 0) is 30.7 Å². The second-order valence-electron chi connectivity index (χ2n) is 6.53. The fraction of sp³-hybridized carbons (Fsp3) is 0.368. The van der Waals surface area contributed by atoms with E-state index in [0.717, 1.165) is 38.3 Å². The maximum Gasteiger partial charge on any atom is 0.241 e. The number of hydrazine groups is 1. The van der Waals surface area contributed by atoms with Crippen LogP contribution in [0.15, 0.2) is 54.7 Å². The quantitative estimate of drug-likeness (QED) is 0.885. The van der Waals surface area contributed by atoms with Crippen molar-refractivity contribution in [3.63, 3.8) is 0 Å².